The molecule has 0 fully saturated rings. The number of nitrogens with zero attached hydrogens (tertiary/aromatic N) is 2. The number of carbonyl (C=O) groups is 1. The van der Waals surface area contributed by atoms with Crippen LogP contribution in [0.2, 0.25) is 10.0 Å². The number of aromatic amines is 1. The molecular formula is C23H21Cl2N3O3. The summed E-state index contributed by atoms with van der Waals surface area (Å²) >= 11 is 12.8. The molecule has 0 aliphatic heterocycles. The molecule has 2 aromatic carbocycles. The van der Waals surface area contributed by atoms with Gasteiger partial charge in [0.2, 0.25) is 0 Å². The predicted molar refractivity (Wildman–Crippen MR) is 123 cm³/mol. The van der Waals surface area contributed by atoms with Gasteiger partial charge >= 0.3 is 5.97 Å². The van der Waals surface area contributed by atoms with Crippen molar-refractivity contribution in [3.63, 3.8) is 0 Å². The molecule has 0 saturated heterocycles. The lowest BCUT2D eigenvalue weighted by atomic mass is 10.1. The second kappa shape index (κ2) is 8.65. The number of hydrogen-bond donors (Lipinski definition) is 2. The number of fused-ring (bicyclic) bond motifs is 1. The number of ether oxygens (including phenoxy) is 1. The van der Waals surface area contributed by atoms with E-state index < -0.39 is 5.97 Å². The van der Waals surface area contributed by atoms with E-state index in [2.05, 4.69) is 10.2 Å². The average Bonchev–Trinajstić information content (AvgIpc) is 3.33. The highest BCUT2D eigenvalue weighted by Gasteiger charge is 2.13. The number of nitrogens with one attached hydrogen (secondary N) is 1. The van der Waals surface area contributed by atoms with Gasteiger partial charge in [0.05, 0.1) is 34.0 Å². The van der Waals surface area contributed by atoms with Crippen LogP contribution in [-0.2, 0) is 11.3 Å². The molecule has 4 rings (SSSR count). The van der Waals surface area contributed by atoms with Gasteiger partial charge in [-0.3, -0.25) is 9.89 Å². The first kappa shape index (κ1) is 21.3. The third-order valence-electron chi connectivity index (χ3n) is 4.88. The molecule has 0 saturated carbocycles. The number of benzene rings is 2. The molecule has 0 bridgehead atoms. The second-order valence-corrected chi connectivity index (χ2v) is 8.34. The number of aryl methyl sites for hydroxylation is 1. The van der Waals surface area contributed by atoms with Crippen molar-refractivity contribution in [3.05, 3.63) is 58.7 Å². The molecule has 2 heterocycles. The molecule has 0 amide bonds. The molecule has 160 valence electrons. The maximum atomic E-state index is 10.9. The third kappa shape index (κ3) is 4.55. The minimum absolute atomic E-state index is 0.0370. The molecule has 6 nitrogen and oxygen atoms in total. The van der Waals surface area contributed by atoms with Crippen molar-refractivity contribution in [1.29, 1.82) is 0 Å². The molecule has 0 spiro atoms. The molecule has 0 atom stereocenters. The first-order valence-corrected chi connectivity index (χ1v) is 10.6. The molecule has 31 heavy (non-hydrogen) atoms. The van der Waals surface area contributed by atoms with Crippen LogP contribution in [0.1, 0.15) is 20.3 Å². The van der Waals surface area contributed by atoms with Crippen LogP contribution in [-0.4, -0.2) is 31.9 Å². The maximum Gasteiger partial charge on any atom is 0.305 e. The van der Waals surface area contributed by atoms with Crippen molar-refractivity contribution in [2.24, 2.45) is 0 Å². The van der Waals surface area contributed by atoms with E-state index in [-0.39, 0.29) is 12.5 Å². The largest absolute Gasteiger partial charge is 0.489 e. The van der Waals surface area contributed by atoms with Crippen LogP contribution >= 0.6 is 23.2 Å². The summed E-state index contributed by atoms with van der Waals surface area (Å²) in [5.74, 6) is -0.202. The van der Waals surface area contributed by atoms with E-state index in [1.807, 2.05) is 60.9 Å². The van der Waals surface area contributed by atoms with Gasteiger partial charge in [-0.1, -0.05) is 29.3 Å². The van der Waals surface area contributed by atoms with Crippen molar-refractivity contribution >= 4 is 40.1 Å². The molecular weight excluding hydrogens is 437 g/mol. The van der Waals surface area contributed by atoms with Crippen LogP contribution in [0.25, 0.3) is 33.4 Å². The fraction of sp³-hybridized carbons (Fsp3) is 0.217. The fourth-order valence-electron chi connectivity index (χ4n) is 3.45. The van der Waals surface area contributed by atoms with E-state index >= 15 is 0 Å². The van der Waals surface area contributed by atoms with Gasteiger partial charge in [0.25, 0.3) is 0 Å². The zero-order valence-corrected chi connectivity index (χ0v) is 18.5. The average molecular weight is 458 g/mol. The van der Waals surface area contributed by atoms with Crippen molar-refractivity contribution in [2.45, 2.75) is 32.9 Å². The molecule has 0 aliphatic carbocycles. The Bertz CT molecular complexity index is 1260. The number of aromatic nitrogens is 3. The summed E-state index contributed by atoms with van der Waals surface area (Å²) < 4.78 is 7.55. The van der Waals surface area contributed by atoms with Crippen molar-refractivity contribution in [1.82, 2.24) is 14.8 Å². The maximum absolute atomic E-state index is 10.9. The summed E-state index contributed by atoms with van der Waals surface area (Å²) in [5.41, 5.74) is 4.29. The molecule has 2 aromatic heterocycles. The highest BCUT2D eigenvalue weighted by molar-refractivity contribution is 6.35. The Labute approximate surface area is 189 Å². The lowest BCUT2D eigenvalue weighted by Gasteiger charge is -2.11. The number of H-pyrrole nitrogens is 1. The Morgan fingerprint density at radius 1 is 1.13 bits per heavy atom. The zero-order chi connectivity index (χ0) is 22.1. The summed E-state index contributed by atoms with van der Waals surface area (Å²) in [6.45, 7) is 4.27. The molecule has 8 heteroatoms. The van der Waals surface area contributed by atoms with Gasteiger partial charge < -0.3 is 14.4 Å². The van der Waals surface area contributed by atoms with Gasteiger partial charge in [0, 0.05) is 34.8 Å². The van der Waals surface area contributed by atoms with Crippen LogP contribution in [0.4, 0.5) is 0 Å². The van der Waals surface area contributed by atoms with Crippen LogP contribution in [0.3, 0.4) is 0 Å². The van der Waals surface area contributed by atoms with Crippen LogP contribution in [0.15, 0.2) is 48.7 Å². The molecule has 0 aliphatic rings. The molecule has 0 radical (unpaired) electrons. The third-order valence-corrected chi connectivity index (χ3v) is 5.47. The van der Waals surface area contributed by atoms with Crippen molar-refractivity contribution < 1.29 is 14.6 Å². The smallest absolute Gasteiger partial charge is 0.305 e. The summed E-state index contributed by atoms with van der Waals surface area (Å²) in [5, 5.41) is 18.4. The van der Waals surface area contributed by atoms with Crippen LogP contribution in [0, 0.1) is 0 Å². The minimum Gasteiger partial charge on any atom is -0.489 e. The van der Waals surface area contributed by atoms with Gasteiger partial charge in [-0.25, -0.2) is 0 Å². The van der Waals surface area contributed by atoms with Crippen LogP contribution < -0.4 is 4.74 Å². The first-order chi connectivity index (χ1) is 14.8. The minimum atomic E-state index is -0.844. The van der Waals surface area contributed by atoms with Gasteiger partial charge in [0.1, 0.15) is 5.75 Å². The van der Waals surface area contributed by atoms with E-state index in [0.717, 1.165) is 33.4 Å². The summed E-state index contributed by atoms with van der Waals surface area (Å²) in [7, 11) is 0. The Hall–Kier alpha value is -2.96. The summed E-state index contributed by atoms with van der Waals surface area (Å²) in [6.07, 6.45) is 1.84. The normalized spacial score (nSPS) is 11.4. The number of halogens is 2. The van der Waals surface area contributed by atoms with E-state index in [1.165, 1.54) is 0 Å². The standard InChI is InChI=1S/C23H21Cl2N3O3/c1-13(2)31-22-6-4-15(10-17(22)24)20-11-19(26-27-20)14-3-5-21-16(9-14)18(25)12-28(21)8-7-23(29)30/h3-6,9-13H,7-8H2,1-2H3,(H,26,27)(H,29,30). The van der Waals surface area contributed by atoms with Gasteiger partial charge in [-0.05, 0) is 50.2 Å². The highest BCUT2D eigenvalue weighted by Crippen LogP contribution is 2.34. The number of carboxylic acid groups (broad SMARTS) is 1. The lowest BCUT2D eigenvalue weighted by Crippen LogP contribution is -2.05. The van der Waals surface area contributed by atoms with E-state index in [1.54, 1.807) is 6.20 Å². The number of aliphatic carboxylic acids is 1. The predicted octanol–water partition coefficient (Wildman–Crippen LogP) is 6.27. The lowest BCUT2D eigenvalue weighted by molar-refractivity contribution is -0.137. The van der Waals surface area contributed by atoms with E-state index in [4.69, 9.17) is 33.0 Å². The van der Waals surface area contributed by atoms with Gasteiger partial charge in [-0.2, -0.15) is 5.10 Å². The first-order valence-electron chi connectivity index (χ1n) is 9.84. The van der Waals surface area contributed by atoms with Gasteiger partial charge in [0.15, 0.2) is 0 Å². The topological polar surface area (TPSA) is 80.1 Å². The SMILES string of the molecule is CC(C)Oc1ccc(-c2cc(-c3ccc4c(c3)c(Cl)cn4CCC(=O)O)[nH]n2)cc1Cl. The highest BCUT2D eigenvalue weighted by atomic mass is 35.5. The number of carboxylic acids is 1. The molecule has 4 aromatic rings. The Balaban J connectivity index is 1.62. The molecule has 2 N–H and O–H groups in total. The van der Waals surface area contributed by atoms with E-state index in [0.29, 0.717) is 22.3 Å². The monoisotopic (exact) mass is 457 g/mol. The Morgan fingerprint density at radius 3 is 2.61 bits per heavy atom. The Morgan fingerprint density at radius 2 is 1.90 bits per heavy atom. The van der Waals surface area contributed by atoms with Gasteiger partial charge in [-0.15, -0.1) is 0 Å². The second-order valence-electron chi connectivity index (χ2n) is 7.52. The summed E-state index contributed by atoms with van der Waals surface area (Å²) in [4.78, 5) is 10.9. The quantitative estimate of drug-likeness (QED) is 0.342. The Kier molecular flexibility index (Phi) is 5.94. The van der Waals surface area contributed by atoms with Crippen molar-refractivity contribution in [2.75, 3.05) is 0 Å². The van der Waals surface area contributed by atoms with E-state index in [9.17, 15) is 4.79 Å². The molecule has 0 unspecified atom stereocenters. The van der Waals surface area contributed by atoms with Crippen molar-refractivity contribution in [3.8, 4) is 28.3 Å². The number of hydrogen-bond acceptors (Lipinski definition) is 3. The summed E-state index contributed by atoms with van der Waals surface area (Å²) in [6, 6.07) is 13.4. The fourth-order valence-corrected chi connectivity index (χ4v) is 3.94. The number of rotatable bonds is 7. The van der Waals surface area contributed by atoms with Crippen LogP contribution in [0.5, 0.6) is 5.75 Å². The zero-order valence-electron chi connectivity index (χ0n) is 17.0.